The van der Waals surface area contributed by atoms with Crippen molar-refractivity contribution in [2.75, 3.05) is 5.32 Å². The summed E-state index contributed by atoms with van der Waals surface area (Å²) in [7, 11) is 0. The molecule has 0 spiro atoms. The number of rotatable bonds is 3. The van der Waals surface area contributed by atoms with Gasteiger partial charge in [0, 0.05) is 18.0 Å². The Bertz CT molecular complexity index is 542. The number of anilines is 1. The van der Waals surface area contributed by atoms with Gasteiger partial charge in [-0.05, 0) is 38.5 Å². The Balaban J connectivity index is 2.24. The molecule has 0 radical (unpaired) electrons. The van der Waals surface area contributed by atoms with Crippen molar-refractivity contribution in [1.29, 1.82) is 0 Å². The summed E-state index contributed by atoms with van der Waals surface area (Å²) in [5.74, 6) is 1.44. The van der Waals surface area contributed by atoms with Gasteiger partial charge in [0.25, 0.3) is 0 Å². The number of nitrogens with one attached hydrogen (secondary N) is 1. The molecular weight excluding hydrogens is 248 g/mol. The molecule has 2 heterocycles. The summed E-state index contributed by atoms with van der Waals surface area (Å²) in [4.78, 5) is 12.5. The van der Waals surface area contributed by atoms with E-state index in [1.807, 2.05) is 26.0 Å². The number of hydrogen-bond acceptors (Lipinski definition) is 4. The lowest BCUT2D eigenvalue weighted by Gasteiger charge is -2.17. The van der Waals surface area contributed by atoms with Gasteiger partial charge >= 0.3 is 0 Å². The first kappa shape index (κ1) is 12.8. The topological polar surface area (TPSA) is 50.7 Å². The predicted molar refractivity (Wildman–Crippen MR) is 72.8 cm³/mol. The van der Waals surface area contributed by atoms with Crippen molar-refractivity contribution in [3.63, 3.8) is 0 Å². The monoisotopic (exact) mass is 262 g/mol. The fourth-order valence-corrected chi connectivity index (χ4v) is 1.89. The van der Waals surface area contributed by atoms with Crippen molar-refractivity contribution in [3.05, 3.63) is 46.6 Å². The molecule has 94 valence electrons. The summed E-state index contributed by atoms with van der Waals surface area (Å²) in [5.41, 5.74) is 2.01. The van der Waals surface area contributed by atoms with Gasteiger partial charge in [0.2, 0.25) is 0 Å². The smallest absolute Gasteiger partial charge is 0.137 e. The van der Waals surface area contributed by atoms with E-state index in [4.69, 9.17) is 11.6 Å². The number of aromatic nitrogens is 3. The highest BCUT2D eigenvalue weighted by molar-refractivity contribution is 6.30. The zero-order chi connectivity index (χ0) is 13.1. The van der Waals surface area contributed by atoms with E-state index in [-0.39, 0.29) is 6.04 Å². The van der Waals surface area contributed by atoms with E-state index in [0.29, 0.717) is 11.0 Å². The lowest BCUT2D eigenvalue weighted by Crippen LogP contribution is -2.10. The summed E-state index contributed by atoms with van der Waals surface area (Å²) in [6, 6.07) is 4.09. The SMILES string of the molecule is Cc1nc(Cl)c(C)c(NC(C)c2ccncc2)n1. The molecule has 0 bridgehead atoms. The van der Waals surface area contributed by atoms with Crippen LogP contribution >= 0.6 is 11.6 Å². The molecule has 2 aromatic rings. The van der Waals surface area contributed by atoms with Gasteiger partial charge in [-0.1, -0.05) is 11.6 Å². The number of hydrogen-bond donors (Lipinski definition) is 1. The van der Waals surface area contributed by atoms with Crippen LogP contribution in [0.2, 0.25) is 5.15 Å². The second-order valence-corrected chi connectivity index (χ2v) is 4.54. The van der Waals surface area contributed by atoms with Crippen LogP contribution in [0.3, 0.4) is 0 Å². The van der Waals surface area contributed by atoms with Crippen molar-refractivity contribution in [3.8, 4) is 0 Å². The Hall–Kier alpha value is -1.68. The minimum absolute atomic E-state index is 0.136. The first-order valence-electron chi connectivity index (χ1n) is 5.75. The molecule has 2 rings (SSSR count). The number of nitrogens with zero attached hydrogens (tertiary/aromatic N) is 3. The third-order valence-electron chi connectivity index (χ3n) is 2.76. The molecule has 0 amide bonds. The molecule has 1 atom stereocenters. The van der Waals surface area contributed by atoms with Gasteiger partial charge in [0.1, 0.15) is 16.8 Å². The van der Waals surface area contributed by atoms with Crippen molar-refractivity contribution in [2.45, 2.75) is 26.8 Å². The molecule has 0 aromatic carbocycles. The van der Waals surface area contributed by atoms with Crippen LogP contribution in [0.5, 0.6) is 0 Å². The van der Waals surface area contributed by atoms with Crippen LogP contribution < -0.4 is 5.32 Å². The molecule has 5 heteroatoms. The van der Waals surface area contributed by atoms with Gasteiger partial charge < -0.3 is 5.32 Å². The van der Waals surface area contributed by atoms with Gasteiger partial charge in [0.05, 0.1) is 6.04 Å². The average Bonchev–Trinajstić information content (AvgIpc) is 2.36. The zero-order valence-electron chi connectivity index (χ0n) is 10.6. The first-order valence-corrected chi connectivity index (χ1v) is 6.13. The van der Waals surface area contributed by atoms with Crippen molar-refractivity contribution in [1.82, 2.24) is 15.0 Å². The number of halogens is 1. The highest BCUT2D eigenvalue weighted by atomic mass is 35.5. The molecule has 0 saturated carbocycles. The zero-order valence-corrected chi connectivity index (χ0v) is 11.4. The minimum atomic E-state index is 0.136. The van der Waals surface area contributed by atoms with Crippen LogP contribution in [-0.4, -0.2) is 15.0 Å². The minimum Gasteiger partial charge on any atom is -0.363 e. The molecule has 0 fully saturated rings. The molecular formula is C13H15ClN4. The lowest BCUT2D eigenvalue weighted by molar-refractivity contribution is 0.859. The lowest BCUT2D eigenvalue weighted by atomic mass is 10.1. The van der Waals surface area contributed by atoms with Crippen molar-refractivity contribution in [2.24, 2.45) is 0 Å². The van der Waals surface area contributed by atoms with E-state index in [1.54, 1.807) is 12.4 Å². The maximum absolute atomic E-state index is 6.05. The molecule has 0 aliphatic rings. The summed E-state index contributed by atoms with van der Waals surface area (Å²) in [6.45, 7) is 5.80. The highest BCUT2D eigenvalue weighted by Gasteiger charge is 2.11. The molecule has 1 unspecified atom stereocenters. The Kier molecular flexibility index (Phi) is 3.77. The summed E-state index contributed by atoms with van der Waals surface area (Å²) in [6.07, 6.45) is 3.55. The standard InChI is InChI=1S/C13H15ClN4/c1-8-12(14)17-10(3)18-13(8)16-9(2)11-4-6-15-7-5-11/h4-7,9H,1-3H3,(H,16,17,18). The maximum Gasteiger partial charge on any atom is 0.137 e. The van der Waals surface area contributed by atoms with Gasteiger partial charge in [-0.2, -0.15) is 0 Å². The third kappa shape index (κ3) is 2.76. The first-order chi connectivity index (χ1) is 8.58. The summed E-state index contributed by atoms with van der Waals surface area (Å²) >= 11 is 6.05. The summed E-state index contributed by atoms with van der Waals surface area (Å²) in [5, 5.41) is 3.84. The molecule has 0 aliphatic heterocycles. The molecule has 18 heavy (non-hydrogen) atoms. The number of aryl methyl sites for hydroxylation is 1. The number of pyridine rings is 1. The van der Waals surface area contributed by atoms with Crippen molar-refractivity contribution < 1.29 is 0 Å². The van der Waals surface area contributed by atoms with Gasteiger partial charge in [-0.15, -0.1) is 0 Å². The van der Waals surface area contributed by atoms with Crippen LogP contribution in [0, 0.1) is 13.8 Å². The van der Waals surface area contributed by atoms with E-state index in [0.717, 1.165) is 16.9 Å². The van der Waals surface area contributed by atoms with Crippen LogP contribution in [0.1, 0.15) is 29.9 Å². The second-order valence-electron chi connectivity index (χ2n) is 4.18. The van der Waals surface area contributed by atoms with Gasteiger partial charge in [-0.3, -0.25) is 4.98 Å². The third-order valence-corrected chi connectivity index (χ3v) is 3.13. The molecule has 4 nitrogen and oxygen atoms in total. The van der Waals surface area contributed by atoms with Crippen LogP contribution in [0.4, 0.5) is 5.82 Å². The van der Waals surface area contributed by atoms with E-state index in [1.165, 1.54) is 0 Å². The molecule has 0 aliphatic carbocycles. The highest BCUT2D eigenvalue weighted by Crippen LogP contribution is 2.23. The summed E-state index contributed by atoms with van der Waals surface area (Å²) < 4.78 is 0. The van der Waals surface area contributed by atoms with E-state index in [9.17, 15) is 0 Å². The average molecular weight is 263 g/mol. The van der Waals surface area contributed by atoms with Crippen LogP contribution in [-0.2, 0) is 0 Å². The molecule has 2 aromatic heterocycles. The molecule has 0 saturated heterocycles. The van der Waals surface area contributed by atoms with Crippen LogP contribution in [0.25, 0.3) is 0 Å². The van der Waals surface area contributed by atoms with Crippen molar-refractivity contribution >= 4 is 17.4 Å². The second kappa shape index (κ2) is 5.31. The Labute approximate surface area is 111 Å². The Morgan fingerprint density at radius 3 is 2.50 bits per heavy atom. The quantitative estimate of drug-likeness (QED) is 0.862. The largest absolute Gasteiger partial charge is 0.363 e. The Morgan fingerprint density at radius 1 is 1.17 bits per heavy atom. The van der Waals surface area contributed by atoms with Gasteiger partial charge in [0.15, 0.2) is 0 Å². The van der Waals surface area contributed by atoms with E-state index in [2.05, 4.69) is 27.2 Å². The normalized spacial score (nSPS) is 12.2. The van der Waals surface area contributed by atoms with E-state index >= 15 is 0 Å². The van der Waals surface area contributed by atoms with Gasteiger partial charge in [-0.25, -0.2) is 9.97 Å². The predicted octanol–water partition coefficient (Wildman–Crippen LogP) is 3.31. The Morgan fingerprint density at radius 2 is 1.83 bits per heavy atom. The fraction of sp³-hybridized carbons (Fsp3) is 0.308. The fourth-order valence-electron chi connectivity index (χ4n) is 1.68. The molecule has 1 N–H and O–H groups in total. The van der Waals surface area contributed by atoms with E-state index < -0.39 is 0 Å². The van der Waals surface area contributed by atoms with Crippen LogP contribution in [0.15, 0.2) is 24.5 Å². The maximum atomic E-state index is 6.05.